The number of halogens is 1. The molecule has 0 aromatic rings. The summed E-state index contributed by atoms with van der Waals surface area (Å²) in [6.07, 6.45) is 8.58. The summed E-state index contributed by atoms with van der Waals surface area (Å²) in [4.78, 5) is 23.4. The number of esters is 2. The van der Waals surface area contributed by atoms with Crippen LogP contribution in [0.25, 0.3) is 0 Å². The van der Waals surface area contributed by atoms with E-state index >= 15 is 0 Å². The predicted molar refractivity (Wildman–Crippen MR) is 81.6 cm³/mol. The Bertz CT molecular complexity index is 412. The largest absolute Gasteiger partial charge is 0.393 e. The van der Waals surface area contributed by atoms with Crippen LogP contribution in [0.4, 0.5) is 0 Å². The zero-order chi connectivity index (χ0) is 15.0. The Morgan fingerprint density at radius 2 is 1.90 bits per heavy atom. The number of aliphatic hydroxyl groups is 1. The van der Waals surface area contributed by atoms with Gasteiger partial charge >= 0.3 is 11.9 Å². The van der Waals surface area contributed by atoms with Crippen molar-refractivity contribution in [2.24, 2.45) is 17.4 Å². The van der Waals surface area contributed by atoms with Gasteiger partial charge in [-0.25, -0.2) is 0 Å². The van der Waals surface area contributed by atoms with Gasteiger partial charge in [-0.05, 0) is 19.4 Å². The quantitative estimate of drug-likeness (QED) is 0.356. The van der Waals surface area contributed by atoms with E-state index in [1.807, 2.05) is 0 Å². The molecular formula is C14H23ClN2O4. The van der Waals surface area contributed by atoms with Gasteiger partial charge in [0.05, 0.1) is 0 Å². The zero-order valence-electron chi connectivity index (χ0n) is 11.9. The van der Waals surface area contributed by atoms with Crippen molar-refractivity contribution >= 4 is 24.3 Å². The van der Waals surface area contributed by atoms with Crippen molar-refractivity contribution < 1.29 is 19.4 Å². The third kappa shape index (κ3) is 5.97. The van der Waals surface area contributed by atoms with Crippen molar-refractivity contribution in [1.82, 2.24) is 0 Å². The molecule has 1 rings (SSSR count). The van der Waals surface area contributed by atoms with Crippen LogP contribution in [0.15, 0.2) is 24.3 Å². The molecule has 21 heavy (non-hydrogen) atoms. The van der Waals surface area contributed by atoms with E-state index in [0.717, 1.165) is 12.8 Å². The Balaban J connectivity index is 0.00000400. The highest BCUT2D eigenvalue weighted by molar-refractivity contribution is 5.88. The van der Waals surface area contributed by atoms with Crippen molar-refractivity contribution in [3.05, 3.63) is 24.3 Å². The van der Waals surface area contributed by atoms with Gasteiger partial charge in [0, 0.05) is 13.0 Å². The van der Waals surface area contributed by atoms with E-state index in [9.17, 15) is 14.7 Å². The van der Waals surface area contributed by atoms with Gasteiger partial charge in [0.25, 0.3) is 0 Å². The monoisotopic (exact) mass is 318 g/mol. The highest BCUT2D eigenvalue weighted by atomic mass is 35.5. The molecule has 5 N–H and O–H groups in total. The Labute approximate surface area is 130 Å². The van der Waals surface area contributed by atoms with E-state index in [1.165, 1.54) is 12.2 Å². The molecule has 0 saturated heterocycles. The molecule has 0 amide bonds. The normalized spacial score (nSPS) is 23.5. The lowest BCUT2D eigenvalue weighted by Crippen LogP contribution is -2.47. The minimum Gasteiger partial charge on any atom is -0.393 e. The van der Waals surface area contributed by atoms with Crippen LogP contribution < -0.4 is 11.5 Å². The van der Waals surface area contributed by atoms with Crippen LogP contribution in [0.2, 0.25) is 0 Å². The summed E-state index contributed by atoms with van der Waals surface area (Å²) >= 11 is 0. The summed E-state index contributed by atoms with van der Waals surface area (Å²) in [7, 11) is 0. The first-order chi connectivity index (χ1) is 9.53. The molecule has 0 saturated carbocycles. The molecule has 0 spiro atoms. The third-order valence-electron chi connectivity index (χ3n) is 3.22. The number of nitrogens with two attached hydrogens (primary N) is 2. The maximum Gasteiger partial charge on any atom is 0.323 e. The lowest BCUT2D eigenvalue weighted by molar-refractivity contribution is -0.165. The molecule has 0 bridgehead atoms. The van der Waals surface area contributed by atoms with Crippen molar-refractivity contribution in [2.45, 2.75) is 31.3 Å². The Hall–Kier alpha value is -1.21. The molecule has 120 valence electrons. The maximum atomic E-state index is 11.9. The minimum atomic E-state index is -1.49. The summed E-state index contributed by atoms with van der Waals surface area (Å²) in [5.74, 6) is -2.32. The van der Waals surface area contributed by atoms with Gasteiger partial charge in [0.1, 0.15) is 11.5 Å². The molecule has 0 aromatic carbocycles. The van der Waals surface area contributed by atoms with E-state index < -0.39 is 23.5 Å². The fourth-order valence-electron chi connectivity index (χ4n) is 1.96. The Kier molecular flexibility index (Phi) is 9.12. The SMILES string of the molecule is Cl.NCCCCCC(=O)OC(=O)C1C=CC=CC1(O)CN. The van der Waals surface area contributed by atoms with Crippen LogP contribution in [-0.2, 0) is 14.3 Å². The number of hydrogen-bond donors (Lipinski definition) is 3. The van der Waals surface area contributed by atoms with Crippen LogP contribution >= 0.6 is 12.4 Å². The highest BCUT2D eigenvalue weighted by Gasteiger charge is 2.39. The van der Waals surface area contributed by atoms with Crippen molar-refractivity contribution in [1.29, 1.82) is 0 Å². The van der Waals surface area contributed by atoms with Gasteiger partial charge in [0.2, 0.25) is 0 Å². The molecule has 0 aromatic heterocycles. The minimum absolute atomic E-state index is 0. The Morgan fingerprint density at radius 1 is 1.19 bits per heavy atom. The molecule has 2 atom stereocenters. The van der Waals surface area contributed by atoms with Crippen LogP contribution in [-0.4, -0.2) is 35.7 Å². The van der Waals surface area contributed by atoms with Gasteiger partial charge < -0.3 is 21.3 Å². The molecule has 0 radical (unpaired) electrons. The number of ether oxygens (including phenoxy) is 1. The lowest BCUT2D eigenvalue weighted by atomic mass is 9.84. The second kappa shape index (κ2) is 9.68. The fourth-order valence-corrected chi connectivity index (χ4v) is 1.96. The molecule has 2 unspecified atom stereocenters. The zero-order valence-corrected chi connectivity index (χ0v) is 12.7. The summed E-state index contributed by atoms with van der Waals surface area (Å²) < 4.78 is 4.76. The van der Waals surface area contributed by atoms with E-state index in [4.69, 9.17) is 16.2 Å². The molecular weight excluding hydrogens is 296 g/mol. The summed E-state index contributed by atoms with van der Waals surface area (Å²) in [6.45, 7) is 0.453. The molecule has 0 heterocycles. The first-order valence-electron chi connectivity index (χ1n) is 6.76. The number of carbonyl (C=O) groups is 2. The third-order valence-corrected chi connectivity index (χ3v) is 3.22. The van der Waals surface area contributed by atoms with Gasteiger partial charge in [-0.1, -0.05) is 30.7 Å². The fraction of sp³-hybridized carbons (Fsp3) is 0.571. The van der Waals surface area contributed by atoms with Crippen LogP contribution in [0.3, 0.4) is 0 Å². The van der Waals surface area contributed by atoms with Gasteiger partial charge in [-0.3, -0.25) is 9.59 Å². The van der Waals surface area contributed by atoms with E-state index in [-0.39, 0.29) is 25.4 Å². The van der Waals surface area contributed by atoms with Gasteiger partial charge in [0.15, 0.2) is 0 Å². The second-order valence-corrected chi connectivity index (χ2v) is 4.81. The topological polar surface area (TPSA) is 116 Å². The number of allylic oxidation sites excluding steroid dienone is 2. The van der Waals surface area contributed by atoms with Gasteiger partial charge in [-0.15, -0.1) is 12.4 Å². The van der Waals surface area contributed by atoms with Crippen LogP contribution in [0.5, 0.6) is 0 Å². The average molecular weight is 319 g/mol. The van der Waals surface area contributed by atoms with Gasteiger partial charge in [-0.2, -0.15) is 0 Å². The van der Waals surface area contributed by atoms with Crippen molar-refractivity contribution in [3.8, 4) is 0 Å². The number of unbranched alkanes of at least 4 members (excludes halogenated alkanes) is 2. The summed E-state index contributed by atoms with van der Waals surface area (Å²) in [5, 5.41) is 10.2. The standard InChI is InChI=1S/C14H22N2O4.ClH/c15-9-5-1-2-7-12(17)20-13(18)11-6-3-4-8-14(11,19)10-16;/h3-4,6,8,11,19H,1-2,5,7,9-10,15-16H2;1H. The molecule has 7 heteroatoms. The van der Waals surface area contributed by atoms with Crippen molar-refractivity contribution in [3.63, 3.8) is 0 Å². The molecule has 0 fully saturated rings. The second-order valence-electron chi connectivity index (χ2n) is 4.81. The molecule has 6 nitrogen and oxygen atoms in total. The van der Waals surface area contributed by atoms with E-state index in [1.54, 1.807) is 12.2 Å². The summed E-state index contributed by atoms with van der Waals surface area (Å²) in [6, 6.07) is 0. The first-order valence-corrected chi connectivity index (χ1v) is 6.76. The number of carbonyl (C=O) groups excluding carboxylic acids is 2. The lowest BCUT2D eigenvalue weighted by Gasteiger charge is -2.30. The number of rotatable bonds is 7. The number of hydrogen-bond acceptors (Lipinski definition) is 6. The predicted octanol–water partition coefficient (Wildman–Crippen LogP) is 0.429. The van der Waals surface area contributed by atoms with Crippen molar-refractivity contribution in [2.75, 3.05) is 13.1 Å². The molecule has 0 aliphatic heterocycles. The molecule has 1 aliphatic rings. The van der Waals surface area contributed by atoms with Crippen LogP contribution in [0.1, 0.15) is 25.7 Å². The first kappa shape index (κ1) is 19.8. The summed E-state index contributed by atoms with van der Waals surface area (Å²) in [5.41, 5.74) is 9.32. The Morgan fingerprint density at radius 3 is 2.52 bits per heavy atom. The maximum absolute atomic E-state index is 11.9. The smallest absolute Gasteiger partial charge is 0.323 e. The highest BCUT2D eigenvalue weighted by Crippen LogP contribution is 2.25. The van der Waals surface area contributed by atoms with E-state index in [0.29, 0.717) is 13.0 Å². The molecule has 1 aliphatic carbocycles. The van der Waals surface area contributed by atoms with Crippen LogP contribution in [0, 0.1) is 5.92 Å². The average Bonchev–Trinajstić information content (AvgIpc) is 2.44. The van der Waals surface area contributed by atoms with E-state index in [2.05, 4.69) is 0 Å².